The number of rotatable bonds is 10. The van der Waals surface area contributed by atoms with Crippen LogP contribution in [0.5, 0.6) is 0 Å². The smallest absolute Gasteiger partial charge is 0.0733 e. The summed E-state index contributed by atoms with van der Waals surface area (Å²) in [5.41, 5.74) is 23.0. The second-order valence-electron chi connectivity index (χ2n) is 18.7. The fourth-order valence-electron chi connectivity index (χ4n) is 10.9. The molecule has 9 aromatic rings. The fourth-order valence-corrected chi connectivity index (χ4v) is 10.9. The quantitative estimate of drug-likeness (QED) is 0.127. The van der Waals surface area contributed by atoms with Crippen LogP contribution in [0.2, 0.25) is 0 Å². The van der Waals surface area contributed by atoms with E-state index in [-0.39, 0.29) is 5.41 Å². The lowest BCUT2D eigenvalue weighted by Crippen LogP contribution is -2.18. The van der Waals surface area contributed by atoms with Gasteiger partial charge < -0.3 is 14.4 Å². The molecule has 0 amide bonds. The molecule has 0 radical (unpaired) electrons. The number of fused-ring (bicyclic) bond motifs is 8. The van der Waals surface area contributed by atoms with Crippen molar-refractivity contribution in [3.05, 3.63) is 221 Å². The van der Waals surface area contributed by atoms with Gasteiger partial charge in [-0.25, -0.2) is 0 Å². The van der Waals surface area contributed by atoms with Gasteiger partial charge in [0.25, 0.3) is 0 Å². The van der Waals surface area contributed by atoms with E-state index in [1.54, 1.807) is 0 Å². The third-order valence-corrected chi connectivity index (χ3v) is 14.4. The molecular weight excluding hydrogens is 799 g/mol. The molecule has 1 aromatic heterocycles. The van der Waals surface area contributed by atoms with Crippen LogP contribution in [0.1, 0.15) is 73.6 Å². The van der Waals surface area contributed by atoms with E-state index in [1.165, 1.54) is 99.6 Å². The van der Waals surface area contributed by atoms with E-state index in [2.05, 4.69) is 247 Å². The number of hydrogen-bond acceptors (Lipinski definition) is 2. The zero-order valence-electron chi connectivity index (χ0n) is 39.9. The summed E-state index contributed by atoms with van der Waals surface area (Å²) in [5.74, 6) is 0. The first-order valence-corrected chi connectivity index (χ1v) is 23.5. The molecule has 0 bridgehead atoms. The summed E-state index contributed by atoms with van der Waals surface area (Å²) in [4.78, 5) is 5.02. The average molecular weight is 858 g/mol. The highest BCUT2D eigenvalue weighted by atomic mass is 15.2. The number of para-hydroxylation sites is 2. The van der Waals surface area contributed by atoms with Gasteiger partial charge >= 0.3 is 0 Å². The molecule has 0 saturated heterocycles. The summed E-state index contributed by atoms with van der Waals surface area (Å²) in [7, 11) is 2.22. The van der Waals surface area contributed by atoms with Gasteiger partial charge in [0.05, 0.1) is 22.6 Å². The minimum absolute atomic E-state index is 0.323. The molecule has 0 atom stereocenters. The van der Waals surface area contributed by atoms with Crippen molar-refractivity contribution >= 4 is 72.3 Å². The summed E-state index contributed by atoms with van der Waals surface area (Å²) in [6, 6.07) is 57.0. The Kier molecular flexibility index (Phi) is 10.7. The Morgan fingerprint density at radius 1 is 0.621 bits per heavy atom. The van der Waals surface area contributed by atoms with Crippen LogP contribution in [0.4, 0.5) is 34.1 Å². The molecule has 0 N–H and O–H groups in total. The zero-order chi connectivity index (χ0) is 46.0. The highest BCUT2D eigenvalue weighted by molar-refractivity contribution is 6.14. The average Bonchev–Trinajstić information content (AvgIpc) is 3.75. The molecular formula is C63H59N3. The Labute approximate surface area is 391 Å². The Morgan fingerprint density at radius 2 is 1.29 bits per heavy atom. The lowest BCUT2D eigenvalue weighted by atomic mass is 9.81. The molecule has 0 unspecified atom stereocenters. The number of anilines is 6. The van der Waals surface area contributed by atoms with Crippen molar-refractivity contribution in [3.8, 4) is 11.1 Å². The van der Waals surface area contributed by atoms with E-state index in [4.69, 9.17) is 0 Å². The number of allylic oxidation sites excluding steroid dienone is 5. The first-order chi connectivity index (χ1) is 32.0. The van der Waals surface area contributed by atoms with Gasteiger partial charge in [-0.05, 0) is 168 Å². The molecule has 1 aliphatic carbocycles. The zero-order valence-corrected chi connectivity index (χ0v) is 39.9. The number of hydrogen-bond donors (Lipinski definition) is 0. The van der Waals surface area contributed by atoms with Crippen molar-refractivity contribution < 1.29 is 0 Å². The van der Waals surface area contributed by atoms with E-state index in [0.29, 0.717) is 0 Å². The molecule has 0 fully saturated rings. The highest BCUT2D eigenvalue weighted by Crippen LogP contribution is 2.56. The summed E-state index contributed by atoms with van der Waals surface area (Å²) < 4.78 is 2.38. The van der Waals surface area contributed by atoms with Crippen LogP contribution >= 0.6 is 0 Å². The second-order valence-corrected chi connectivity index (χ2v) is 18.7. The first-order valence-electron chi connectivity index (χ1n) is 23.5. The minimum Gasteiger partial charge on any atom is -0.342 e. The van der Waals surface area contributed by atoms with Crippen LogP contribution in [0.25, 0.3) is 49.3 Å². The predicted octanol–water partition coefficient (Wildman–Crippen LogP) is 17.8. The molecule has 3 heteroatoms. The van der Waals surface area contributed by atoms with Crippen molar-refractivity contribution in [3.63, 3.8) is 0 Å². The van der Waals surface area contributed by atoms with Crippen LogP contribution in [0, 0.1) is 20.8 Å². The van der Waals surface area contributed by atoms with Gasteiger partial charge in [-0.2, -0.15) is 0 Å². The summed E-state index contributed by atoms with van der Waals surface area (Å²) in [5, 5.41) is 5.01. The van der Waals surface area contributed by atoms with E-state index < -0.39 is 0 Å². The van der Waals surface area contributed by atoms with Gasteiger partial charge in [0, 0.05) is 51.2 Å². The molecule has 1 heterocycles. The van der Waals surface area contributed by atoms with Crippen LogP contribution in [0.15, 0.2) is 182 Å². The van der Waals surface area contributed by atoms with Gasteiger partial charge in [0.1, 0.15) is 0 Å². The van der Waals surface area contributed by atoms with Crippen molar-refractivity contribution in [1.82, 2.24) is 4.57 Å². The van der Waals surface area contributed by atoms with Crippen molar-refractivity contribution in [2.45, 2.75) is 67.2 Å². The van der Waals surface area contributed by atoms with Gasteiger partial charge in [-0.3, -0.25) is 0 Å². The standard InChI is InChI=1S/C63H59N3/c1-11-21-48(41(5)12-2)49-27-19-30-58(47(49)13-3)66(59-31-20-28-53-51-25-16-17-29-57(51)64(10)62(53)59)46-34-35-54-55(38-46)63(8,9)56-39-60(50-24-14-15-26-52(50)61(54)56)65(44-23-18-22-40(4)36-44)45-33-32-42(6)43(7)37-45/h11-12,14-39H,2,13H2,1,3-10H3/b21-11-,48-41+. The third-order valence-electron chi connectivity index (χ3n) is 14.4. The molecule has 0 saturated carbocycles. The molecule has 326 valence electrons. The molecule has 3 nitrogen and oxygen atoms in total. The van der Waals surface area contributed by atoms with E-state index >= 15 is 0 Å². The lowest BCUT2D eigenvalue weighted by molar-refractivity contribution is 0.661. The Morgan fingerprint density at radius 3 is 2.03 bits per heavy atom. The molecule has 10 rings (SSSR count). The van der Waals surface area contributed by atoms with Gasteiger partial charge in [0.15, 0.2) is 0 Å². The maximum Gasteiger partial charge on any atom is 0.0733 e. The van der Waals surface area contributed by atoms with E-state index in [0.717, 1.165) is 34.7 Å². The molecule has 8 aromatic carbocycles. The van der Waals surface area contributed by atoms with Crippen LogP contribution < -0.4 is 9.80 Å². The SMILES string of the molecule is C=C/C(C)=C(\C=C/C)c1cccc(N(c2ccc3c(c2)C(C)(C)c2cc(N(c4cccc(C)c4)c4ccc(C)c(C)c4)c4ccccc4c2-3)c2cccc3c4ccccc4n(C)c23)c1CC. The number of benzene rings is 8. The predicted molar refractivity (Wildman–Crippen MR) is 286 cm³/mol. The first kappa shape index (κ1) is 42.6. The maximum absolute atomic E-state index is 4.19. The van der Waals surface area contributed by atoms with Crippen LogP contribution in [-0.2, 0) is 18.9 Å². The number of nitrogens with zero attached hydrogens (tertiary/aromatic N) is 3. The van der Waals surface area contributed by atoms with Gasteiger partial charge in [0.2, 0.25) is 0 Å². The van der Waals surface area contributed by atoms with Crippen LogP contribution in [0.3, 0.4) is 0 Å². The largest absolute Gasteiger partial charge is 0.342 e. The van der Waals surface area contributed by atoms with Crippen molar-refractivity contribution in [2.24, 2.45) is 7.05 Å². The summed E-state index contributed by atoms with van der Waals surface area (Å²) in [6.45, 7) is 22.2. The Balaban J connectivity index is 1.23. The van der Waals surface area contributed by atoms with Gasteiger partial charge in [-0.15, -0.1) is 0 Å². The summed E-state index contributed by atoms with van der Waals surface area (Å²) in [6.07, 6.45) is 7.21. The number of aromatic nitrogens is 1. The second kappa shape index (κ2) is 16.6. The van der Waals surface area contributed by atoms with Crippen LogP contribution in [-0.4, -0.2) is 4.57 Å². The van der Waals surface area contributed by atoms with Crippen molar-refractivity contribution in [2.75, 3.05) is 9.80 Å². The number of aryl methyl sites for hydroxylation is 4. The van der Waals surface area contributed by atoms with Crippen molar-refractivity contribution in [1.29, 1.82) is 0 Å². The third kappa shape index (κ3) is 6.71. The highest BCUT2D eigenvalue weighted by Gasteiger charge is 2.39. The molecule has 66 heavy (non-hydrogen) atoms. The molecule has 0 spiro atoms. The van der Waals surface area contributed by atoms with E-state index in [9.17, 15) is 0 Å². The van der Waals surface area contributed by atoms with Gasteiger partial charge in [-0.1, -0.05) is 137 Å². The monoisotopic (exact) mass is 857 g/mol. The normalized spacial score (nSPS) is 13.3. The fraction of sp³-hybridized carbons (Fsp3) is 0.175. The Hall–Kier alpha value is -7.36. The Bertz CT molecular complexity index is 3480. The lowest BCUT2D eigenvalue weighted by Gasteiger charge is -2.31. The molecule has 1 aliphatic rings. The minimum atomic E-state index is -0.323. The summed E-state index contributed by atoms with van der Waals surface area (Å²) >= 11 is 0. The maximum atomic E-state index is 4.19. The molecule has 0 aliphatic heterocycles. The van der Waals surface area contributed by atoms with E-state index in [1.807, 2.05) is 6.08 Å². The topological polar surface area (TPSA) is 11.4 Å².